The molecule has 3 nitrogen and oxygen atoms in total. The predicted molar refractivity (Wildman–Crippen MR) is 60.6 cm³/mol. The van der Waals surface area contributed by atoms with Crippen molar-refractivity contribution in [2.24, 2.45) is 5.41 Å². The van der Waals surface area contributed by atoms with Crippen LogP contribution in [0.15, 0.2) is 6.20 Å². The standard InChI is InChI=1S/C11H16ClN3/c1-9-10(12)7-15(14-9)6-4-5-11(2,3)8-13/h7H,4-6H2,1-3H3. The normalized spacial score (nSPS) is 11.4. The van der Waals surface area contributed by atoms with Crippen LogP contribution < -0.4 is 0 Å². The second kappa shape index (κ2) is 4.67. The molecule has 0 amide bonds. The number of halogens is 1. The molecule has 0 bridgehead atoms. The zero-order chi connectivity index (χ0) is 11.5. The monoisotopic (exact) mass is 225 g/mol. The van der Waals surface area contributed by atoms with Gasteiger partial charge in [-0.25, -0.2) is 0 Å². The van der Waals surface area contributed by atoms with Gasteiger partial charge in [0, 0.05) is 12.7 Å². The van der Waals surface area contributed by atoms with E-state index in [9.17, 15) is 0 Å². The van der Waals surface area contributed by atoms with Crippen molar-refractivity contribution in [3.8, 4) is 6.07 Å². The first-order valence-corrected chi connectivity index (χ1v) is 5.43. The molecule has 0 fully saturated rings. The van der Waals surface area contributed by atoms with Crippen molar-refractivity contribution >= 4 is 11.6 Å². The molecule has 0 aliphatic carbocycles. The molecule has 0 aromatic carbocycles. The summed E-state index contributed by atoms with van der Waals surface area (Å²) in [5.74, 6) is 0. The van der Waals surface area contributed by atoms with Crippen molar-refractivity contribution in [3.63, 3.8) is 0 Å². The van der Waals surface area contributed by atoms with E-state index in [0.29, 0.717) is 5.02 Å². The second-order valence-electron chi connectivity index (χ2n) is 4.42. The third kappa shape index (κ3) is 3.56. The van der Waals surface area contributed by atoms with Crippen molar-refractivity contribution in [1.82, 2.24) is 9.78 Å². The van der Waals surface area contributed by atoms with Gasteiger partial charge in [-0.1, -0.05) is 11.6 Å². The molecule has 82 valence electrons. The van der Waals surface area contributed by atoms with Crippen LogP contribution in [0.25, 0.3) is 0 Å². The molecule has 0 saturated carbocycles. The van der Waals surface area contributed by atoms with Crippen LogP contribution in [0.3, 0.4) is 0 Å². The van der Waals surface area contributed by atoms with E-state index in [-0.39, 0.29) is 5.41 Å². The number of aryl methyl sites for hydroxylation is 2. The van der Waals surface area contributed by atoms with Gasteiger partial charge in [0.1, 0.15) is 0 Å². The maximum Gasteiger partial charge on any atom is 0.0814 e. The first-order valence-electron chi connectivity index (χ1n) is 5.05. The first kappa shape index (κ1) is 12.1. The quantitative estimate of drug-likeness (QED) is 0.790. The van der Waals surface area contributed by atoms with Gasteiger partial charge in [-0.2, -0.15) is 10.4 Å². The van der Waals surface area contributed by atoms with Crippen molar-refractivity contribution in [3.05, 3.63) is 16.9 Å². The summed E-state index contributed by atoms with van der Waals surface area (Å²) in [5, 5.41) is 13.8. The van der Waals surface area contributed by atoms with Crippen LogP contribution in [0, 0.1) is 23.7 Å². The maximum absolute atomic E-state index is 8.85. The molecule has 0 radical (unpaired) electrons. The minimum absolute atomic E-state index is 0.244. The average molecular weight is 226 g/mol. The summed E-state index contributed by atoms with van der Waals surface area (Å²) in [6.45, 7) is 6.61. The van der Waals surface area contributed by atoms with E-state index in [0.717, 1.165) is 25.1 Å². The van der Waals surface area contributed by atoms with Crippen LogP contribution in [-0.2, 0) is 6.54 Å². The van der Waals surface area contributed by atoms with Gasteiger partial charge in [-0.15, -0.1) is 0 Å². The van der Waals surface area contributed by atoms with Crippen LogP contribution in [0.5, 0.6) is 0 Å². The summed E-state index contributed by atoms with van der Waals surface area (Å²) in [6.07, 6.45) is 3.65. The lowest BCUT2D eigenvalue weighted by Gasteiger charge is -2.14. The van der Waals surface area contributed by atoms with Crippen molar-refractivity contribution in [2.45, 2.75) is 40.2 Å². The lowest BCUT2D eigenvalue weighted by Crippen LogP contribution is -2.09. The molecule has 0 aliphatic heterocycles. The number of rotatable bonds is 4. The molecule has 0 spiro atoms. The molecule has 0 saturated heterocycles. The first-order chi connectivity index (χ1) is 6.94. The SMILES string of the molecule is Cc1nn(CCCC(C)(C)C#N)cc1Cl. The molecule has 4 heteroatoms. The van der Waals surface area contributed by atoms with Crippen LogP contribution in [-0.4, -0.2) is 9.78 Å². The number of hydrogen-bond acceptors (Lipinski definition) is 2. The highest BCUT2D eigenvalue weighted by Gasteiger charge is 2.15. The fourth-order valence-corrected chi connectivity index (χ4v) is 1.50. The average Bonchev–Trinajstić information content (AvgIpc) is 2.46. The Morgan fingerprint density at radius 3 is 2.73 bits per heavy atom. The van der Waals surface area contributed by atoms with Gasteiger partial charge in [0.15, 0.2) is 0 Å². The van der Waals surface area contributed by atoms with E-state index in [2.05, 4.69) is 11.2 Å². The van der Waals surface area contributed by atoms with E-state index in [4.69, 9.17) is 16.9 Å². The van der Waals surface area contributed by atoms with Gasteiger partial charge in [0.05, 0.1) is 22.2 Å². The molecule has 0 unspecified atom stereocenters. The highest BCUT2D eigenvalue weighted by Crippen LogP contribution is 2.21. The molecule has 0 N–H and O–H groups in total. The van der Waals surface area contributed by atoms with Crippen molar-refractivity contribution in [2.75, 3.05) is 0 Å². The van der Waals surface area contributed by atoms with Crippen molar-refractivity contribution in [1.29, 1.82) is 5.26 Å². The van der Waals surface area contributed by atoms with Gasteiger partial charge in [0.25, 0.3) is 0 Å². The lowest BCUT2D eigenvalue weighted by molar-refractivity contribution is 0.406. The largest absolute Gasteiger partial charge is 0.271 e. The highest BCUT2D eigenvalue weighted by molar-refractivity contribution is 6.31. The molecule has 1 aromatic heterocycles. The molecule has 0 atom stereocenters. The molecular formula is C11H16ClN3. The summed E-state index contributed by atoms with van der Waals surface area (Å²) < 4.78 is 1.84. The number of aromatic nitrogens is 2. The van der Waals surface area contributed by atoms with Gasteiger partial charge in [-0.05, 0) is 33.6 Å². The Labute approximate surface area is 95.7 Å². The van der Waals surface area contributed by atoms with E-state index >= 15 is 0 Å². The Morgan fingerprint density at radius 2 is 2.27 bits per heavy atom. The Bertz CT molecular complexity index is 354. The van der Waals surface area contributed by atoms with Gasteiger partial charge >= 0.3 is 0 Å². The van der Waals surface area contributed by atoms with E-state index in [1.165, 1.54) is 0 Å². The summed E-state index contributed by atoms with van der Waals surface area (Å²) in [4.78, 5) is 0. The molecule has 15 heavy (non-hydrogen) atoms. The fourth-order valence-electron chi connectivity index (χ4n) is 1.35. The van der Waals surface area contributed by atoms with Crippen LogP contribution in [0.4, 0.5) is 0 Å². The minimum atomic E-state index is -0.244. The molecule has 0 aliphatic rings. The smallest absolute Gasteiger partial charge is 0.0814 e. The Morgan fingerprint density at radius 1 is 1.60 bits per heavy atom. The van der Waals surface area contributed by atoms with Crippen LogP contribution in [0.1, 0.15) is 32.4 Å². The van der Waals surface area contributed by atoms with Crippen LogP contribution >= 0.6 is 11.6 Å². The van der Waals surface area contributed by atoms with Gasteiger partial charge < -0.3 is 0 Å². The zero-order valence-electron chi connectivity index (χ0n) is 9.42. The lowest BCUT2D eigenvalue weighted by atomic mass is 9.90. The molecule has 1 rings (SSSR count). The van der Waals surface area contributed by atoms with Gasteiger partial charge in [-0.3, -0.25) is 4.68 Å². The Kier molecular flexibility index (Phi) is 3.76. The zero-order valence-corrected chi connectivity index (χ0v) is 10.2. The number of nitrogens with zero attached hydrogens (tertiary/aromatic N) is 3. The third-order valence-electron chi connectivity index (χ3n) is 2.38. The van der Waals surface area contributed by atoms with E-state index in [1.807, 2.05) is 31.6 Å². The molecule has 1 aromatic rings. The summed E-state index contributed by atoms with van der Waals surface area (Å²) in [7, 11) is 0. The van der Waals surface area contributed by atoms with Gasteiger partial charge in [0.2, 0.25) is 0 Å². The fraction of sp³-hybridized carbons (Fsp3) is 0.636. The predicted octanol–water partition coefficient (Wildman–Crippen LogP) is 3.17. The number of nitriles is 1. The number of hydrogen-bond donors (Lipinski definition) is 0. The molecule has 1 heterocycles. The van der Waals surface area contributed by atoms with Crippen molar-refractivity contribution < 1.29 is 0 Å². The van der Waals surface area contributed by atoms with E-state index in [1.54, 1.807) is 0 Å². The minimum Gasteiger partial charge on any atom is -0.271 e. The molecular weight excluding hydrogens is 210 g/mol. The highest BCUT2D eigenvalue weighted by atomic mass is 35.5. The maximum atomic E-state index is 8.85. The Balaban J connectivity index is 2.42. The Hall–Kier alpha value is -1.01. The van der Waals surface area contributed by atoms with Crippen LogP contribution in [0.2, 0.25) is 5.02 Å². The summed E-state index contributed by atoms with van der Waals surface area (Å²) in [6, 6.07) is 2.29. The van der Waals surface area contributed by atoms with E-state index < -0.39 is 0 Å². The summed E-state index contributed by atoms with van der Waals surface area (Å²) in [5.41, 5.74) is 0.614. The second-order valence-corrected chi connectivity index (χ2v) is 4.83. The summed E-state index contributed by atoms with van der Waals surface area (Å²) >= 11 is 5.89. The topological polar surface area (TPSA) is 41.6 Å². The third-order valence-corrected chi connectivity index (χ3v) is 2.75.